The molecule has 0 aliphatic heterocycles. The third kappa shape index (κ3) is 5.89. The van der Waals surface area contributed by atoms with Crippen LogP contribution in [0.3, 0.4) is 0 Å². The molecular weight excluding hydrogens is 464 g/mol. The SMILES string of the molecule is COC(=O)c1ccccc1NC(=O)c1ccc(NS(=O)(=O)c2cc(C(C)(C)C)cc(C)c2C)cc1. The zero-order chi connectivity index (χ0) is 26.0. The lowest BCUT2D eigenvalue weighted by Gasteiger charge is -2.22. The fourth-order valence-corrected chi connectivity index (χ4v) is 4.92. The van der Waals surface area contributed by atoms with Gasteiger partial charge >= 0.3 is 5.97 Å². The number of methoxy groups -OCH3 is 1. The molecule has 0 unspecified atom stereocenters. The lowest BCUT2D eigenvalue weighted by molar-refractivity contribution is 0.0602. The van der Waals surface area contributed by atoms with E-state index in [1.54, 1.807) is 37.3 Å². The van der Waals surface area contributed by atoms with Crippen molar-refractivity contribution in [2.45, 2.75) is 44.9 Å². The van der Waals surface area contributed by atoms with E-state index in [2.05, 4.69) is 10.0 Å². The van der Waals surface area contributed by atoms with E-state index in [-0.39, 0.29) is 15.9 Å². The van der Waals surface area contributed by atoms with Gasteiger partial charge in [-0.2, -0.15) is 0 Å². The van der Waals surface area contributed by atoms with E-state index in [0.717, 1.165) is 11.1 Å². The third-order valence-electron chi connectivity index (χ3n) is 5.76. The summed E-state index contributed by atoms with van der Waals surface area (Å²) in [5.41, 5.74) is 3.49. The maximum absolute atomic E-state index is 13.2. The van der Waals surface area contributed by atoms with Crippen molar-refractivity contribution in [2.75, 3.05) is 17.1 Å². The highest BCUT2D eigenvalue weighted by Gasteiger charge is 2.23. The van der Waals surface area contributed by atoms with Gasteiger partial charge in [-0.25, -0.2) is 13.2 Å². The Hall–Kier alpha value is -3.65. The summed E-state index contributed by atoms with van der Waals surface area (Å²) in [7, 11) is -2.58. The molecule has 0 atom stereocenters. The second-order valence-electron chi connectivity index (χ2n) is 9.34. The molecule has 0 fully saturated rings. The molecule has 0 spiro atoms. The highest BCUT2D eigenvalue weighted by atomic mass is 32.2. The van der Waals surface area contributed by atoms with Gasteiger partial charge in [-0.15, -0.1) is 0 Å². The second-order valence-corrected chi connectivity index (χ2v) is 11.0. The summed E-state index contributed by atoms with van der Waals surface area (Å²) < 4.78 is 33.8. The van der Waals surface area contributed by atoms with Crippen LogP contribution in [-0.4, -0.2) is 27.4 Å². The van der Waals surface area contributed by atoms with Gasteiger partial charge in [0.2, 0.25) is 0 Å². The molecule has 0 heterocycles. The fourth-order valence-electron chi connectivity index (χ4n) is 3.51. The number of hydrogen-bond acceptors (Lipinski definition) is 5. The number of ether oxygens (including phenoxy) is 1. The number of rotatable bonds is 6. The van der Waals surface area contributed by atoms with Crippen LogP contribution in [0.15, 0.2) is 65.6 Å². The predicted octanol–water partition coefficient (Wildman–Crippen LogP) is 5.44. The van der Waals surface area contributed by atoms with Crippen LogP contribution in [0.5, 0.6) is 0 Å². The van der Waals surface area contributed by atoms with E-state index in [1.807, 2.05) is 33.8 Å². The van der Waals surface area contributed by atoms with E-state index in [9.17, 15) is 18.0 Å². The van der Waals surface area contributed by atoms with Crippen LogP contribution in [0, 0.1) is 13.8 Å². The van der Waals surface area contributed by atoms with Crippen LogP contribution in [0.4, 0.5) is 11.4 Å². The van der Waals surface area contributed by atoms with Gasteiger partial charge in [-0.3, -0.25) is 9.52 Å². The van der Waals surface area contributed by atoms with Gasteiger partial charge in [0.05, 0.1) is 23.3 Å². The molecule has 184 valence electrons. The smallest absolute Gasteiger partial charge is 0.339 e. The first-order chi connectivity index (χ1) is 16.3. The molecule has 0 saturated heterocycles. The molecule has 0 aliphatic carbocycles. The van der Waals surface area contributed by atoms with E-state index < -0.39 is 21.9 Å². The molecule has 35 heavy (non-hydrogen) atoms. The van der Waals surface area contributed by atoms with Gasteiger partial charge in [-0.05, 0) is 78.4 Å². The summed E-state index contributed by atoms with van der Waals surface area (Å²) in [5.74, 6) is -1.01. The summed E-state index contributed by atoms with van der Waals surface area (Å²) in [4.78, 5) is 24.9. The van der Waals surface area contributed by atoms with Crippen LogP contribution in [-0.2, 0) is 20.2 Å². The average molecular weight is 495 g/mol. The van der Waals surface area contributed by atoms with Crippen LogP contribution < -0.4 is 10.0 Å². The molecule has 3 aromatic rings. The third-order valence-corrected chi connectivity index (χ3v) is 7.26. The molecule has 0 radical (unpaired) electrons. The van der Waals surface area contributed by atoms with Crippen molar-refractivity contribution in [3.63, 3.8) is 0 Å². The van der Waals surface area contributed by atoms with Crippen LogP contribution in [0.25, 0.3) is 0 Å². The Bertz CT molecular complexity index is 1370. The lowest BCUT2D eigenvalue weighted by atomic mass is 9.85. The van der Waals surface area contributed by atoms with E-state index in [0.29, 0.717) is 22.5 Å². The minimum Gasteiger partial charge on any atom is -0.465 e. The van der Waals surface area contributed by atoms with Gasteiger partial charge in [0.25, 0.3) is 15.9 Å². The van der Waals surface area contributed by atoms with Gasteiger partial charge in [0, 0.05) is 11.3 Å². The Kier molecular flexibility index (Phi) is 7.36. The molecule has 0 bridgehead atoms. The van der Waals surface area contributed by atoms with Crippen LogP contribution in [0.1, 0.15) is 58.2 Å². The first kappa shape index (κ1) is 26.0. The molecule has 7 nitrogen and oxygen atoms in total. The predicted molar refractivity (Wildman–Crippen MR) is 138 cm³/mol. The summed E-state index contributed by atoms with van der Waals surface area (Å²) in [6, 6.07) is 16.3. The Balaban J connectivity index is 1.82. The van der Waals surface area contributed by atoms with Crippen molar-refractivity contribution in [2.24, 2.45) is 0 Å². The summed E-state index contributed by atoms with van der Waals surface area (Å²) >= 11 is 0. The molecule has 2 N–H and O–H groups in total. The normalized spacial score (nSPS) is 11.6. The van der Waals surface area contributed by atoms with E-state index >= 15 is 0 Å². The number of carbonyl (C=O) groups is 2. The topological polar surface area (TPSA) is 102 Å². The summed E-state index contributed by atoms with van der Waals surface area (Å²) in [6.45, 7) is 9.79. The van der Waals surface area contributed by atoms with Crippen molar-refractivity contribution in [3.8, 4) is 0 Å². The van der Waals surface area contributed by atoms with Crippen molar-refractivity contribution in [1.82, 2.24) is 0 Å². The zero-order valence-electron chi connectivity index (χ0n) is 20.7. The van der Waals surface area contributed by atoms with Crippen molar-refractivity contribution >= 4 is 33.3 Å². The number of carbonyl (C=O) groups excluding carboxylic acids is 2. The van der Waals surface area contributed by atoms with Crippen molar-refractivity contribution < 1.29 is 22.7 Å². The van der Waals surface area contributed by atoms with E-state index in [1.165, 1.54) is 31.4 Å². The Labute approximate surface area is 206 Å². The minimum atomic E-state index is -3.85. The van der Waals surface area contributed by atoms with Gasteiger partial charge < -0.3 is 10.1 Å². The Morgan fingerprint density at radius 1 is 0.914 bits per heavy atom. The Morgan fingerprint density at radius 3 is 2.14 bits per heavy atom. The molecule has 0 aliphatic rings. The number of aryl methyl sites for hydroxylation is 1. The number of amides is 1. The minimum absolute atomic E-state index is 0.204. The van der Waals surface area contributed by atoms with Gasteiger partial charge in [0.15, 0.2) is 0 Å². The number of sulfonamides is 1. The summed E-state index contributed by atoms with van der Waals surface area (Å²) in [5, 5.41) is 2.69. The average Bonchev–Trinajstić information content (AvgIpc) is 2.80. The molecule has 0 aromatic heterocycles. The van der Waals surface area contributed by atoms with Crippen molar-refractivity contribution in [1.29, 1.82) is 0 Å². The molecule has 8 heteroatoms. The molecule has 3 rings (SSSR count). The van der Waals surface area contributed by atoms with Gasteiger partial charge in [-0.1, -0.05) is 39.0 Å². The van der Waals surface area contributed by atoms with Crippen LogP contribution >= 0.6 is 0 Å². The van der Waals surface area contributed by atoms with Gasteiger partial charge in [0.1, 0.15) is 0 Å². The van der Waals surface area contributed by atoms with Crippen LogP contribution in [0.2, 0.25) is 0 Å². The monoisotopic (exact) mass is 494 g/mol. The largest absolute Gasteiger partial charge is 0.465 e. The lowest BCUT2D eigenvalue weighted by Crippen LogP contribution is -2.18. The number of hydrogen-bond donors (Lipinski definition) is 2. The Morgan fingerprint density at radius 2 is 1.54 bits per heavy atom. The number of para-hydroxylation sites is 1. The van der Waals surface area contributed by atoms with Crippen molar-refractivity contribution in [3.05, 3.63) is 88.5 Å². The second kappa shape index (κ2) is 9.92. The number of esters is 1. The summed E-state index contributed by atoms with van der Waals surface area (Å²) in [6.07, 6.45) is 0. The highest BCUT2D eigenvalue weighted by molar-refractivity contribution is 7.92. The standard InChI is InChI=1S/C27H30N2O5S/c1-17-15-20(27(3,4)5)16-24(18(17)2)35(32,33)29-21-13-11-19(12-14-21)25(30)28-23-10-8-7-9-22(23)26(31)34-6/h7-16,29H,1-6H3,(H,28,30). The maximum atomic E-state index is 13.2. The molecule has 3 aromatic carbocycles. The first-order valence-corrected chi connectivity index (χ1v) is 12.5. The zero-order valence-corrected chi connectivity index (χ0v) is 21.5. The van der Waals surface area contributed by atoms with E-state index in [4.69, 9.17) is 4.74 Å². The number of nitrogens with one attached hydrogen (secondary N) is 2. The number of anilines is 2. The molecular formula is C27H30N2O5S. The quantitative estimate of drug-likeness (QED) is 0.444. The maximum Gasteiger partial charge on any atom is 0.339 e. The fraction of sp³-hybridized carbons (Fsp3) is 0.259. The highest BCUT2D eigenvalue weighted by Crippen LogP contribution is 2.30. The number of benzene rings is 3. The molecule has 0 saturated carbocycles. The molecule has 1 amide bonds. The first-order valence-electron chi connectivity index (χ1n) is 11.1.